The van der Waals surface area contributed by atoms with Crippen LogP contribution < -0.4 is 10.2 Å². The van der Waals surface area contributed by atoms with Crippen molar-refractivity contribution in [3.63, 3.8) is 0 Å². The summed E-state index contributed by atoms with van der Waals surface area (Å²) in [5.74, 6) is -1.23. The lowest BCUT2D eigenvalue weighted by Crippen LogP contribution is -2.30. The zero-order chi connectivity index (χ0) is 22.8. The molecule has 1 amide bonds. The molecule has 33 heavy (non-hydrogen) atoms. The normalized spacial score (nSPS) is 13.8. The fourth-order valence-electron chi connectivity index (χ4n) is 4.33. The second-order valence-corrected chi connectivity index (χ2v) is 8.34. The van der Waals surface area contributed by atoms with E-state index in [0.29, 0.717) is 11.4 Å². The maximum Gasteiger partial charge on any atom is 0.298 e. The van der Waals surface area contributed by atoms with Crippen LogP contribution in [0.5, 0.6) is 0 Å². The lowest BCUT2D eigenvalue weighted by molar-refractivity contribution is -0.112. The van der Waals surface area contributed by atoms with Gasteiger partial charge in [0.1, 0.15) is 5.69 Å². The highest BCUT2D eigenvalue weighted by molar-refractivity contribution is 6.47. The predicted octanol–water partition coefficient (Wildman–Crippen LogP) is 5.58. The van der Waals surface area contributed by atoms with E-state index in [1.54, 1.807) is 4.40 Å². The van der Waals surface area contributed by atoms with E-state index in [0.717, 1.165) is 48.3 Å². The number of benzene rings is 2. The predicted molar refractivity (Wildman–Crippen MR) is 133 cm³/mol. The topological polar surface area (TPSA) is 53.8 Å². The standard InChI is InChI=1S/C28H25N3O2/c1-20-14-17-30(18-15-20)23-12-10-22(11-13-23)29-28(33)27(32)26-25(21-7-3-2-4-8-21)19-24-9-5-6-16-31(24)26/h2-13,16,19H,1,14-15,17-18H2,(H,29,33). The molecule has 0 spiro atoms. The highest BCUT2D eigenvalue weighted by atomic mass is 16.2. The Morgan fingerprint density at radius 1 is 0.848 bits per heavy atom. The number of carbonyl (C=O) groups excluding carboxylic acids is 2. The van der Waals surface area contributed by atoms with Gasteiger partial charge >= 0.3 is 0 Å². The van der Waals surface area contributed by atoms with Crippen LogP contribution in [0.25, 0.3) is 16.6 Å². The van der Waals surface area contributed by atoms with Crippen molar-refractivity contribution in [1.29, 1.82) is 0 Å². The Kier molecular flexibility index (Phi) is 5.53. The number of piperidine rings is 1. The molecule has 0 saturated carbocycles. The van der Waals surface area contributed by atoms with Gasteiger partial charge in [0.2, 0.25) is 0 Å². The molecule has 2 aromatic heterocycles. The van der Waals surface area contributed by atoms with E-state index >= 15 is 0 Å². The van der Waals surface area contributed by atoms with Crippen LogP contribution in [-0.4, -0.2) is 29.2 Å². The molecule has 5 heteroatoms. The highest BCUT2D eigenvalue weighted by Gasteiger charge is 2.25. The number of pyridine rings is 1. The highest BCUT2D eigenvalue weighted by Crippen LogP contribution is 2.29. The number of anilines is 2. The Morgan fingerprint density at radius 3 is 2.27 bits per heavy atom. The third-order valence-corrected chi connectivity index (χ3v) is 6.15. The molecule has 0 radical (unpaired) electrons. The van der Waals surface area contributed by atoms with Gasteiger partial charge in [-0.2, -0.15) is 0 Å². The molecular weight excluding hydrogens is 410 g/mol. The van der Waals surface area contributed by atoms with Crippen LogP contribution in [-0.2, 0) is 4.79 Å². The number of rotatable bonds is 5. The van der Waals surface area contributed by atoms with E-state index in [4.69, 9.17) is 0 Å². The Hall–Kier alpha value is -4.12. The van der Waals surface area contributed by atoms with Crippen LogP contribution in [0, 0.1) is 0 Å². The molecule has 5 rings (SSSR count). The van der Waals surface area contributed by atoms with Gasteiger partial charge in [0.15, 0.2) is 0 Å². The zero-order valence-corrected chi connectivity index (χ0v) is 18.3. The van der Waals surface area contributed by atoms with Crippen molar-refractivity contribution in [3.8, 4) is 11.1 Å². The van der Waals surface area contributed by atoms with E-state index in [1.807, 2.05) is 85.1 Å². The number of hydrogen-bond donors (Lipinski definition) is 1. The van der Waals surface area contributed by atoms with Crippen LogP contribution in [0.3, 0.4) is 0 Å². The monoisotopic (exact) mass is 435 g/mol. The first-order valence-electron chi connectivity index (χ1n) is 11.1. The van der Waals surface area contributed by atoms with Crippen LogP contribution in [0.2, 0.25) is 0 Å². The zero-order valence-electron chi connectivity index (χ0n) is 18.3. The summed E-state index contributed by atoms with van der Waals surface area (Å²) >= 11 is 0. The lowest BCUT2D eigenvalue weighted by atomic mass is 10.0. The van der Waals surface area contributed by atoms with Crippen LogP contribution in [0.15, 0.2) is 97.2 Å². The van der Waals surface area contributed by atoms with E-state index in [-0.39, 0.29) is 0 Å². The van der Waals surface area contributed by atoms with Gasteiger partial charge in [-0.1, -0.05) is 48.6 Å². The Bertz CT molecular complexity index is 1330. The van der Waals surface area contributed by atoms with Gasteiger partial charge < -0.3 is 14.6 Å². The molecule has 3 heterocycles. The van der Waals surface area contributed by atoms with Crippen molar-refractivity contribution in [1.82, 2.24) is 4.40 Å². The number of nitrogens with one attached hydrogen (secondary N) is 1. The van der Waals surface area contributed by atoms with E-state index in [1.165, 1.54) is 5.57 Å². The Labute approximate surface area is 193 Å². The molecule has 0 atom stereocenters. The molecule has 1 N–H and O–H groups in total. The van der Waals surface area contributed by atoms with Crippen LogP contribution >= 0.6 is 0 Å². The van der Waals surface area contributed by atoms with E-state index in [2.05, 4.69) is 16.8 Å². The quantitative estimate of drug-likeness (QED) is 0.253. The molecule has 1 saturated heterocycles. The number of fused-ring (bicyclic) bond motifs is 1. The number of carbonyl (C=O) groups is 2. The SMILES string of the molecule is C=C1CCN(c2ccc(NC(=O)C(=O)c3c(-c4ccccc4)cc4ccccn34)cc2)CC1. The van der Waals surface area contributed by atoms with Crippen molar-refractivity contribution >= 4 is 28.6 Å². The number of hydrogen-bond acceptors (Lipinski definition) is 3. The van der Waals surface area contributed by atoms with Gasteiger partial charge in [-0.15, -0.1) is 0 Å². The Morgan fingerprint density at radius 2 is 1.55 bits per heavy atom. The number of amides is 1. The van der Waals surface area contributed by atoms with Crippen molar-refractivity contribution in [2.24, 2.45) is 0 Å². The number of Topliss-reactive ketones (excluding diaryl/α,β-unsaturated/α-hetero) is 1. The van der Waals surface area contributed by atoms with Gasteiger partial charge in [-0.25, -0.2) is 0 Å². The molecule has 0 aliphatic carbocycles. The minimum absolute atomic E-state index is 0.361. The van der Waals surface area contributed by atoms with Crippen molar-refractivity contribution < 1.29 is 9.59 Å². The molecule has 0 bridgehead atoms. The molecule has 4 aromatic rings. The van der Waals surface area contributed by atoms with Gasteiger partial charge in [0, 0.05) is 41.7 Å². The van der Waals surface area contributed by atoms with Gasteiger partial charge in [-0.05, 0) is 60.9 Å². The molecule has 1 aliphatic heterocycles. The summed E-state index contributed by atoms with van der Waals surface area (Å²) in [5, 5.41) is 2.78. The second-order valence-electron chi connectivity index (χ2n) is 8.34. The summed E-state index contributed by atoms with van der Waals surface area (Å²) in [6, 6.07) is 24.9. The molecule has 2 aromatic carbocycles. The number of aromatic nitrogens is 1. The third-order valence-electron chi connectivity index (χ3n) is 6.15. The Balaban J connectivity index is 1.39. The van der Waals surface area contributed by atoms with Crippen molar-refractivity contribution in [3.05, 3.63) is 103 Å². The fraction of sp³-hybridized carbons (Fsp3) is 0.143. The first-order chi connectivity index (χ1) is 16.1. The van der Waals surface area contributed by atoms with Gasteiger partial charge in [0.05, 0.1) is 0 Å². The second kappa shape index (κ2) is 8.79. The lowest BCUT2D eigenvalue weighted by Gasteiger charge is -2.30. The summed E-state index contributed by atoms with van der Waals surface area (Å²) in [6.07, 6.45) is 3.81. The van der Waals surface area contributed by atoms with Gasteiger partial charge in [0.25, 0.3) is 11.7 Å². The third kappa shape index (κ3) is 4.17. The summed E-state index contributed by atoms with van der Waals surface area (Å²) in [5.41, 5.74) is 5.85. The minimum atomic E-state index is -0.655. The van der Waals surface area contributed by atoms with Crippen molar-refractivity contribution in [2.45, 2.75) is 12.8 Å². The first-order valence-corrected chi connectivity index (χ1v) is 11.1. The molecule has 1 aliphatic rings. The summed E-state index contributed by atoms with van der Waals surface area (Å²) in [7, 11) is 0. The molecule has 5 nitrogen and oxygen atoms in total. The smallest absolute Gasteiger partial charge is 0.298 e. The molecule has 164 valence electrons. The number of ketones is 1. The average molecular weight is 436 g/mol. The molecule has 0 unspecified atom stereocenters. The van der Waals surface area contributed by atoms with E-state index < -0.39 is 11.7 Å². The van der Waals surface area contributed by atoms with E-state index in [9.17, 15) is 9.59 Å². The first kappa shape index (κ1) is 20.8. The van der Waals surface area contributed by atoms with Crippen LogP contribution in [0.1, 0.15) is 23.3 Å². The van der Waals surface area contributed by atoms with Gasteiger partial charge in [-0.3, -0.25) is 9.59 Å². The maximum atomic E-state index is 13.3. The minimum Gasteiger partial charge on any atom is -0.371 e. The maximum absolute atomic E-state index is 13.3. The van der Waals surface area contributed by atoms with Crippen LogP contribution in [0.4, 0.5) is 11.4 Å². The molecular formula is C28H25N3O2. The average Bonchev–Trinajstić information content (AvgIpc) is 3.25. The van der Waals surface area contributed by atoms with Crippen molar-refractivity contribution in [2.75, 3.05) is 23.3 Å². The number of nitrogens with zero attached hydrogens (tertiary/aromatic N) is 2. The summed E-state index contributed by atoms with van der Waals surface area (Å²) in [6.45, 7) is 5.97. The molecule has 1 fully saturated rings. The fourth-order valence-corrected chi connectivity index (χ4v) is 4.33. The summed E-state index contributed by atoms with van der Waals surface area (Å²) < 4.78 is 1.78. The largest absolute Gasteiger partial charge is 0.371 e. The summed E-state index contributed by atoms with van der Waals surface area (Å²) in [4.78, 5) is 28.6.